The van der Waals surface area contributed by atoms with Crippen molar-refractivity contribution in [2.24, 2.45) is 0 Å². The molecule has 3 rings (SSSR count). The minimum atomic E-state index is -0.0919. The van der Waals surface area contributed by atoms with Crippen LogP contribution in [0.2, 0.25) is 5.02 Å². The Morgan fingerprint density at radius 3 is 3.00 bits per heavy atom. The SMILES string of the molecule is CCCn1cc(Cn2cnc3ccc(Cl)cc3c2=O)cn1. The summed E-state index contributed by atoms with van der Waals surface area (Å²) in [6, 6.07) is 5.14. The normalized spacial score (nSPS) is 11.1. The van der Waals surface area contributed by atoms with Crippen molar-refractivity contribution in [2.45, 2.75) is 26.4 Å². The lowest BCUT2D eigenvalue weighted by Gasteiger charge is -2.05. The lowest BCUT2D eigenvalue weighted by atomic mass is 10.2. The minimum Gasteiger partial charge on any atom is -0.294 e. The zero-order chi connectivity index (χ0) is 14.8. The van der Waals surface area contributed by atoms with Crippen molar-refractivity contribution in [1.82, 2.24) is 19.3 Å². The predicted octanol–water partition coefficient (Wildman–Crippen LogP) is 2.70. The van der Waals surface area contributed by atoms with Gasteiger partial charge in [-0.25, -0.2) is 4.98 Å². The zero-order valence-corrected chi connectivity index (χ0v) is 12.4. The number of aromatic nitrogens is 4. The van der Waals surface area contributed by atoms with Gasteiger partial charge in [-0.3, -0.25) is 14.0 Å². The van der Waals surface area contributed by atoms with E-state index >= 15 is 0 Å². The van der Waals surface area contributed by atoms with E-state index in [1.165, 1.54) is 0 Å². The summed E-state index contributed by atoms with van der Waals surface area (Å²) in [5, 5.41) is 5.34. The Bertz CT molecular complexity index is 837. The molecular formula is C15H15ClN4O. The van der Waals surface area contributed by atoms with Gasteiger partial charge in [0.05, 0.1) is 30.0 Å². The Hall–Kier alpha value is -2.14. The van der Waals surface area contributed by atoms with Crippen molar-refractivity contribution < 1.29 is 0 Å². The highest BCUT2D eigenvalue weighted by atomic mass is 35.5. The molecule has 0 bridgehead atoms. The third kappa shape index (κ3) is 2.83. The Morgan fingerprint density at radius 1 is 1.33 bits per heavy atom. The van der Waals surface area contributed by atoms with E-state index in [4.69, 9.17) is 11.6 Å². The number of hydrogen-bond donors (Lipinski definition) is 0. The van der Waals surface area contributed by atoms with Crippen LogP contribution in [0.4, 0.5) is 0 Å². The summed E-state index contributed by atoms with van der Waals surface area (Å²) < 4.78 is 3.46. The molecule has 0 N–H and O–H groups in total. The van der Waals surface area contributed by atoms with E-state index < -0.39 is 0 Å². The Balaban J connectivity index is 1.96. The smallest absolute Gasteiger partial charge is 0.261 e. The molecule has 0 saturated heterocycles. The van der Waals surface area contributed by atoms with Gasteiger partial charge in [0.2, 0.25) is 0 Å². The minimum absolute atomic E-state index is 0.0919. The largest absolute Gasteiger partial charge is 0.294 e. The molecule has 108 valence electrons. The molecule has 0 fully saturated rings. The molecule has 0 aliphatic heterocycles. The van der Waals surface area contributed by atoms with E-state index in [0.29, 0.717) is 22.5 Å². The lowest BCUT2D eigenvalue weighted by molar-refractivity contribution is 0.601. The molecule has 6 heteroatoms. The molecule has 0 atom stereocenters. The first-order valence-electron chi connectivity index (χ1n) is 6.83. The summed E-state index contributed by atoms with van der Waals surface area (Å²) in [5.74, 6) is 0. The van der Waals surface area contributed by atoms with Crippen molar-refractivity contribution in [1.29, 1.82) is 0 Å². The average Bonchev–Trinajstić information content (AvgIpc) is 2.90. The Morgan fingerprint density at radius 2 is 2.19 bits per heavy atom. The highest BCUT2D eigenvalue weighted by molar-refractivity contribution is 6.31. The first-order valence-corrected chi connectivity index (χ1v) is 7.21. The predicted molar refractivity (Wildman–Crippen MR) is 82.6 cm³/mol. The van der Waals surface area contributed by atoms with Gasteiger partial charge in [0.25, 0.3) is 5.56 Å². The molecule has 0 saturated carbocycles. The summed E-state index contributed by atoms with van der Waals surface area (Å²) in [6.45, 7) is 3.43. The molecule has 0 aliphatic carbocycles. The molecule has 5 nitrogen and oxygen atoms in total. The highest BCUT2D eigenvalue weighted by Gasteiger charge is 2.06. The fraction of sp³-hybridized carbons (Fsp3) is 0.267. The number of rotatable bonds is 4. The summed E-state index contributed by atoms with van der Waals surface area (Å²) >= 11 is 5.95. The van der Waals surface area contributed by atoms with E-state index in [9.17, 15) is 4.79 Å². The van der Waals surface area contributed by atoms with Crippen molar-refractivity contribution >= 4 is 22.5 Å². The van der Waals surface area contributed by atoms with Crippen LogP contribution in [0, 0.1) is 0 Å². The van der Waals surface area contributed by atoms with Gasteiger partial charge >= 0.3 is 0 Å². The van der Waals surface area contributed by atoms with Crippen LogP contribution in [0.3, 0.4) is 0 Å². The number of hydrogen-bond acceptors (Lipinski definition) is 3. The van der Waals surface area contributed by atoms with Gasteiger partial charge in [0.1, 0.15) is 0 Å². The maximum atomic E-state index is 12.5. The van der Waals surface area contributed by atoms with E-state index in [0.717, 1.165) is 18.5 Å². The monoisotopic (exact) mass is 302 g/mol. The molecule has 0 radical (unpaired) electrons. The van der Waals surface area contributed by atoms with Crippen LogP contribution in [0.25, 0.3) is 10.9 Å². The molecule has 2 heterocycles. The molecule has 1 aromatic carbocycles. The lowest BCUT2D eigenvalue weighted by Crippen LogP contribution is -2.21. The quantitative estimate of drug-likeness (QED) is 0.744. The highest BCUT2D eigenvalue weighted by Crippen LogP contribution is 2.14. The van der Waals surface area contributed by atoms with Gasteiger partial charge < -0.3 is 0 Å². The fourth-order valence-corrected chi connectivity index (χ4v) is 2.45. The number of benzene rings is 1. The van der Waals surface area contributed by atoms with Crippen LogP contribution in [0.1, 0.15) is 18.9 Å². The number of fused-ring (bicyclic) bond motifs is 1. The summed E-state index contributed by atoms with van der Waals surface area (Å²) in [5.41, 5.74) is 1.54. The van der Waals surface area contributed by atoms with Crippen molar-refractivity contribution in [3.8, 4) is 0 Å². The van der Waals surface area contributed by atoms with Gasteiger partial charge in [-0.1, -0.05) is 18.5 Å². The molecule has 2 aromatic heterocycles. The third-order valence-corrected chi connectivity index (χ3v) is 3.51. The van der Waals surface area contributed by atoms with Crippen LogP contribution < -0.4 is 5.56 Å². The van der Waals surface area contributed by atoms with Gasteiger partial charge in [0.15, 0.2) is 0 Å². The topological polar surface area (TPSA) is 52.7 Å². The second-order valence-corrected chi connectivity index (χ2v) is 5.39. The molecular weight excluding hydrogens is 288 g/mol. The summed E-state index contributed by atoms with van der Waals surface area (Å²) in [4.78, 5) is 16.8. The first-order chi connectivity index (χ1) is 10.2. The molecule has 0 aliphatic rings. The van der Waals surface area contributed by atoms with Gasteiger partial charge in [-0.15, -0.1) is 0 Å². The molecule has 3 aromatic rings. The van der Waals surface area contributed by atoms with Crippen LogP contribution in [0.5, 0.6) is 0 Å². The van der Waals surface area contributed by atoms with Crippen LogP contribution in [0.15, 0.2) is 41.7 Å². The standard InChI is InChI=1S/C15H15ClN4O/c1-2-5-20-9-11(7-18-20)8-19-10-17-14-4-3-12(16)6-13(14)15(19)21/h3-4,6-7,9-10H,2,5,8H2,1H3. The molecule has 0 unspecified atom stereocenters. The first kappa shape index (κ1) is 13.8. The van der Waals surface area contributed by atoms with E-state index in [2.05, 4.69) is 17.0 Å². The third-order valence-electron chi connectivity index (χ3n) is 3.28. The van der Waals surface area contributed by atoms with Gasteiger partial charge in [0, 0.05) is 23.3 Å². The summed E-state index contributed by atoms with van der Waals surface area (Å²) in [6.07, 6.45) is 6.33. The number of aryl methyl sites for hydroxylation is 1. The van der Waals surface area contributed by atoms with Crippen molar-refractivity contribution in [2.75, 3.05) is 0 Å². The van der Waals surface area contributed by atoms with E-state index in [-0.39, 0.29) is 5.56 Å². The van der Waals surface area contributed by atoms with E-state index in [1.54, 1.807) is 35.3 Å². The average molecular weight is 303 g/mol. The molecule has 21 heavy (non-hydrogen) atoms. The van der Waals surface area contributed by atoms with Gasteiger partial charge in [-0.2, -0.15) is 5.10 Å². The number of halogens is 1. The molecule has 0 spiro atoms. The van der Waals surface area contributed by atoms with E-state index in [1.807, 2.05) is 10.9 Å². The Kier molecular flexibility index (Phi) is 3.75. The zero-order valence-electron chi connectivity index (χ0n) is 11.7. The van der Waals surface area contributed by atoms with Crippen LogP contribution in [-0.2, 0) is 13.1 Å². The van der Waals surface area contributed by atoms with Crippen molar-refractivity contribution in [3.63, 3.8) is 0 Å². The Labute approximate surface area is 126 Å². The van der Waals surface area contributed by atoms with Crippen molar-refractivity contribution in [3.05, 3.63) is 57.9 Å². The summed E-state index contributed by atoms with van der Waals surface area (Å²) in [7, 11) is 0. The second kappa shape index (κ2) is 5.69. The number of nitrogens with zero attached hydrogens (tertiary/aromatic N) is 4. The fourth-order valence-electron chi connectivity index (χ4n) is 2.28. The maximum Gasteiger partial charge on any atom is 0.261 e. The van der Waals surface area contributed by atoms with Crippen LogP contribution in [-0.4, -0.2) is 19.3 Å². The van der Waals surface area contributed by atoms with Gasteiger partial charge in [-0.05, 0) is 24.6 Å². The second-order valence-electron chi connectivity index (χ2n) is 4.95. The maximum absolute atomic E-state index is 12.5. The van der Waals surface area contributed by atoms with Crippen LogP contribution >= 0.6 is 11.6 Å². The molecule has 0 amide bonds.